The van der Waals surface area contributed by atoms with Gasteiger partial charge < -0.3 is 14.4 Å². The minimum Gasteiger partial charge on any atom is -0.495 e. The van der Waals surface area contributed by atoms with Crippen molar-refractivity contribution in [3.63, 3.8) is 0 Å². The highest BCUT2D eigenvalue weighted by molar-refractivity contribution is 9.12. The van der Waals surface area contributed by atoms with Crippen molar-refractivity contribution in [2.45, 2.75) is 35.8 Å². The quantitative estimate of drug-likeness (QED) is 0.210. The molecule has 2 aromatic carbocycles. The van der Waals surface area contributed by atoms with Gasteiger partial charge in [-0.1, -0.05) is 44.0 Å². The summed E-state index contributed by atoms with van der Waals surface area (Å²) >= 11 is 7.22. The van der Waals surface area contributed by atoms with Crippen LogP contribution in [0.3, 0.4) is 0 Å². The Hall–Kier alpha value is -2.72. The van der Waals surface area contributed by atoms with Crippen molar-refractivity contribution in [1.82, 2.24) is 0 Å². The standard InChI is InChI=1S/C27H26Br2N2O6/c1-14-9-16(7-8-21(14)31-25(33)17-11-19(28)20(29)12-18(17)26(31)34)37-27(35)15-10-24(32)30(13-15)22-5-3-4-6-23(22)36-2/h3-9,15,17-20H,10-13H2,1-2H3/t15-,17-,18+,19+,20-/m1/s1. The SMILES string of the molecule is COc1ccccc1N1C[C@H](C(=O)Oc2ccc(N3C(=O)[C@H]4C[C@@H](Br)[C@@H](Br)C[C@H]4C3=O)c(C)c2)CC1=O. The molecular weight excluding hydrogens is 608 g/mol. The van der Waals surface area contributed by atoms with Crippen molar-refractivity contribution in [1.29, 1.82) is 0 Å². The zero-order valence-electron chi connectivity index (χ0n) is 20.4. The number of carbonyl (C=O) groups is 4. The van der Waals surface area contributed by atoms with Gasteiger partial charge in [0.05, 0.1) is 36.2 Å². The summed E-state index contributed by atoms with van der Waals surface area (Å²) in [7, 11) is 1.53. The average molecular weight is 634 g/mol. The molecule has 37 heavy (non-hydrogen) atoms. The zero-order valence-corrected chi connectivity index (χ0v) is 23.5. The largest absolute Gasteiger partial charge is 0.495 e. The zero-order chi connectivity index (χ0) is 26.4. The van der Waals surface area contributed by atoms with Crippen molar-refractivity contribution >= 4 is 66.9 Å². The topological polar surface area (TPSA) is 93.2 Å². The highest BCUT2D eigenvalue weighted by Crippen LogP contribution is 2.45. The van der Waals surface area contributed by atoms with Gasteiger partial charge in [0.1, 0.15) is 11.5 Å². The van der Waals surface area contributed by atoms with E-state index < -0.39 is 11.9 Å². The number of aryl methyl sites for hydroxylation is 1. The molecule has 10 heteroatoms. The molecule has 3 fully saturated rings. The Morgan fingerprint density at radius 2 is 1.59 bits per heavy atom. The second kappa shape index (κ2) is 10.2. The lowest BCUT2D eigenvalue weighted by atomic mass is 9.81. The number of hydrogen-bond donors (Lipinski definition) is 0. The maximum absolute atomic E-state index is 13.2. The van der Waals surface area contributed by atoms with E-state index in [4.69, 9.17) is 9.47 Å². The molecule has 0 unspecified atom stereocenters. The monoisotopic (exact) mass is 632 g/mol. The number of halogens is 2. The third kappa shape index (κ3) is 4.69. The fourth-order valence-corrected chi connectivity index (χ4v) is 6.66. The van der Waals surface area contributed by atoms with E-state index in [0.29, 0.717) is 41.3 Å². The number of hydrogen-bond acceptors (Lipinski definition) is 6. The number of carbonyl (C=O) groups excluding carboxylic acids is 4. The van der Waals surface area contributed by atoms with Gasteiger partial charge in [0.2, 0.25) is 17.7 Å². The maximum atomic E-state index is 13.2. The van der Waals surface area contributed by atoms with Crippen LogP contribution in [0.15, 0.2) is 42.5 Å². The summed E-state index contributed by atoms with van der Waals surface area (Å²) in [6.45, 7) is 1.97. The van der Waals surface area contributed by atoms with Crippen molar-refractivity contribution in [2.24, 2.45) is 17.8 Å². The highest BCUT2D eigenvalue weighted by atomic mass is 79.9. The molecular formula is C27H26Br2N2O6. The van der Waals surface area contributed by atoms with E-state index in [1.807, 2.05) is 12.1 Å². The highest BCUT2D eigenvalue weighted by Gasteiger charge is 2.52. The van der Waals surface area contributed by atoms with Gasteiger partial charge in [-0.05, 0) is 55.7 Å². The second-order valence-electron chi connectivity index (χ2n) is 9.67. The summed E-state index contributed by atoms with van der Waals surface area (Å²) in [5.41, 5.74) is 1.76. The third-order valence-electron chi connectivity index (χ3n) is 7.37. The van der Waals surface area contributed by atoms with E-state index in [2.05, 4.69) is 31.9 Å². The van der Waals surface area contributed by atoms with Crippen LogP contribution in [0.25, 0.3) is 0 Å². The first-order valence-electron chi connectivity index (χ1n) is 12.1. The van der Waals surface area contributed by atoms with E-state index in [1.54, 1.807) is 37.3 Å². The number of anilines is 2. The molecule has 0 aromatic heterocycles. The van der Waals surface area contributed by atoms with Crippen LogP contribution in [-0.2, 0) is 19.2 Å². The minimum atomic E-state index is -0.628. The number of fused-ring (bicyclic) bond motifs is 1. The first-order valence-corrected chi connectivity index (χ1v) is 13.9. The van der Waals surface area contributed by atoms with Crippen LogP contribution in [0.1, 0.15) is 24.8 Å². The fraction of sp³-hybridized carbons (Fsp3) is 0.407. The first-order chi connectivity index (χ1) is 17.7. The van der Waals surface area contributed by atoms with Crippen molar-refractivity contribution in [3.8, 4) is 11.5 Å². The number of imide groups is 1. The lowest BCUT2D eigenvalue weighted by molar-refractivity contribution is -0.139. The minimum absolute atomic E-state index is 0.0383. The fourth-order valence-electron chi connectivity index (χ4n) is 5.43. The lowest BCUT2D eigenvalue weighted by Gasteiger charge is -2.29. The number of para-hydroxylation sites is 2. The number of amides is 3. The van der Waals surface area contributed by atoms with Crippen molar-refractivity contribution < 1.29 is 28.7 Å². The molecule has 1 saturated carbocycles. The Kier molecular flexibility index (Phi) is 7.15. The number of ether oxygens (including phenoxy) is 2. The van der Waals surface area contributed by atoms with Crippen LogP contribution in [0.5, 0.6) is 11.5 Å². The normalized spacial score (nSPS) is 27.5. The molecule has 5 atom stereocenters. The van der Waals surface area contributed by atoms with Crippen LogP contribution in [0.4, 0.5) is 11.4 Å². The number of esters is 1. The molecule has 2 aliphatic heterocycles. The van der Waals surface area contributed by atoms with E-state index in [-0.39, 0.29) is 52.2 Å². The molecule has 8 nitrogen and oxygen atoms in total. The van der Waals surface area contributed by atoms with Crippen molar-refractivity contribution in [3.05, 3.63) is 48.0 Å². The molecule has 0 bridgehead atoms. The molecule has 0 N–H and O–H groups in total. The maximum Gasteiger partial charge on any atom is 0.316 e. The molecule has 2 aromatic rings. The molecule has 3 amide bonds. The van der Waals surface area contributed by atoms with E-state index >= 15 is 0 Å². The van der Waals surface area contributed by atoms with Crippen LogP contribution in [-0.4, -0.2) is 47.0 Å². The summed E-state index contributed by atoms with van der Waals surface area (Å²) in [5, 5.41) is 0. The molecule has 2 heterocycles. The van der Waals surface area contributed by atoms with Gasteiger partial charge in [0.15, 0.2) is 0 Å². The van der Waals surface area contributed by atoms with Crippen LogP contribution >= 0.6 is 31.9 Å². The first kappa shape index (κ1) is 25.9. The molecule has 0 radical (unpaired) electrons. The van der Waals surface area contributed by atoms with Crippen LogP contribution in [0, 0.1) is 24.7 Å². The Morgan fingerprint density at radius 1 is 0.946 bits per heavy atom. The predicted molar refractivity (Wildman–Crippen MR) is 144 cm³/mol. The van der Waals surface area contributed by atoms with Gasteiger partial charge >= 0.3 is 5.97 Å². The van der Waals surface area contributed by atoms with E-state index in [0.717, 1.165) is 0 Å². The molecule has 2 saturated heterocycles. The third-order valence-corrected chi connectivity index (χ3v) is 10.1. The van der Waals surface area contributed by atoms with Gasteiger partial charge in [0.25, 0.3) is 0 Å². The van der Waals surface area contributed by atoms with Gasteiger partial charge in [-0.3, -0.25) is 19.2 Å². The molecule has 3 aliphatic rings. The number of benzene rings is 2. The Balaban J connectivity index is 1.29. The predicted octanol–water partition coefficient (Wildman–Crippen LogP) is 4.39. The Bertz CT molecular complexity index is 1260. The number of nitrogens with zero attached hydrogens (tertiary/aromatic N) is 2. The molecule has 0 spiro atoms. The van der Waals surface area contributed by atoms with Gasteiger partial charge in [-0.2, -0.15) is 0 Å². The smallest absolute Gasteiger partial charge is 0.316 e. The lowest BCUT2D eigenvalue weighted by Crippen LogP contribution is -2.34. The van der Waals surface area contributed by atoms with Gasteiger partial charge in [-0.25, -0.2) is 4.90 Å². The van der Waals surface area contributed by atoms with E-state index in [1.165, 1.54) is 16.9 Å². The molecule has 1 aliphatic carbocycles. The molecule has 5 rings (SSSR count). The summed E-state index contributed by atoms with van der Waals surface area (Å²) in [5.74, 6) is -1.52. The number of rotatable bonds is 5. The summed E-state index contributed by atoms with van der Waals surface area (Å²) in [6, 6.07) is 12.0. The van der Waals surface area contributed by atoms with Gasteiger partial charge in [-0.15, -0.1) is 0 Å². The number of methoxy groups -OCH3 is 1. The van der Waals surface area contributed by atoms with Crippen molar-refractivity contribution in [2.75, 3.05) is 23.5 Å². The van der Waals surface area contributed by atoms with Crippen LogP contribution in [0.2, 0.25) is 0 Å². The Morgan fingerprint density at radius 3 is 2.22 bits per heavy atom. The Labute approximate surface area is 231 Å². The average Bonchev–Trinajstić information content (AvgIpc) is 3.37. The number of alkyl halides is 2. The molecule has 194 valence electrons. The summed E-state index contributed by atoms with van der Waals surface area (Å²) in [6.07, 6.45) is 1.24. The van der Waals surface area contributed by atoms with Crippen LogP contribution < -0.4 is 19.3 Å². The second-order valence-corrected chi connectivity index (χ2v) is 12.0. The summed E-state index contributed by atoms with van der Waals surface area (Å²) < 4.78 is 11.0. The summed E-state index contributed by atoms with van der Waals surface area (Å²) in [4.78, 5) is 55.0. The van der Waals surface area contributed by atoms with E-state index in [9.17, 15) is 19.2 Å². The van der Waals surface area contributed by atoms with Gasteiger partial charge in [0, 0.05) is 22.6 Å².